The SMILES string of the molecule is CC(=O)N1CCC[C@@](O)(C(=O)NCCN(C)C2CCCC2)C1. The summed E-state index contributed by atoms with van der Waals surface area (Å²) in [5.41, 5.74) is -1.43. The van der Waals surface area contributed by atoms with E-state index in [1.165, 1.54) is 32.6 Å². The van der Waals surface area contributed by atoms with Crippen molar-refractivity contribution in [3.8, 4) is 0 Å². The van der Waals surface area contributed by atoms with Gasteiger partial charge in [-0.05, 0) is 32.7 Å². The summed E-state index contributed by atoms with van der Waals surface area (Å²) in [5, 5.41) is 13.4. The summed E-state index contributed by atoms with van der Waals surface area (Å²) in [5.74, 6) is -0.440. The highest BCUT2D eigenvalue weighted by molar-refractivity contribution is 5.86. The van der Waals surface area contributed by atoms with Gasteiger partial charge < -0.3 is 20.2 Å². The van der Waals surface area contributed by atoms with E-state index in [2.05, 4.69) is 17.3 Å². The molecule has 1 saturated carbocycles. The lowest BCUT2D eigenvalue weighted by Crippen LogP contribution is -2.58. The Hall–Kier alpha value is -1.14. The lowest BCUT2D eigenvalue weighted by molar-refractivity contribution is -0.150. The Balaban J connectivity index is 1.77. The molecule has 0 aromatic heterocycles. The van der Waals surface area contributed by atoms with E-state index < -0.39 is 5.60 Å². The van der Waals surface area contributed by atoms with Gasteiger partial charge in [0, 0.05) is 32.6 Å². The van der Waals surface area contributed by atoms with Gasteiger partial charge in [0.15, 0.2) is 5.60 Å². The summed E-state index contributed by atoms with van der Waals surface area (Å²) in [6, 6.07) is 0.628. The van der Waals surface area contributed by atoms with E-state index in [-0.39, 0.29) is 18.4 Å². The van der Waals surface area contributed by atoms with Gasteiger partial charge in [-0.15, -0.1) is 0 Å². The van der Waals surface area contributed by atoms with Gasteiger partial charge in [-0.2, -0.15) is 0 Å². The van der Waals surface area contributed by atoms with Gasteiger partial charge in [0.05, 0.1) is 6.54 Å². The number of hydrogen-bond acceptors (Lipinski definition) is 4. The number of nitrogens with zero attached hydrogens (tertiary/aromatic N) is 2. The Morgan fingerprint density at radius 3 is 2.64 bits per heavy atom. The third kappa shape index (κ3) is 4.20. The van der Waals surface area contributed by atoms with Crippen molar-refractivity contribution in [2.24, 2.45) is 0 Å². The quantitative estimate of drug-likeness (QED) is 0.768. The maximum Gasteiger partial charge on any atom is 0.253 e. The minimum absolute atomic E-state index is 0.0908. The van der Waals surface area contributed by atoms with Gasteiger partial charge in [-0.1, -0.05) is 12.8 Å². The maximum atomic E-state index is 12.3. The van der Waals surface area contributed by atoms with E-state index in [0.29, 0.717) is 32.0 Å². The number of amides is 2. The fraction of sp³-hybridized carbons (Fsp3) is 0.875. The summed E-state index contributed by atoms with van der Waals surface area (Å²) in [7, 11) is 2.09. The van der Waals surface area contributed by atoms with Gasteiger partial charge in [-0.25, -0.2) is 0 Å². The zero-order valence-electron chi connectivity index (χ0n) is 13.8. The third-order valence-electron chi connectivity index (χ3n) is 5.04. The molecule has 126 valence electrons. The molecule has 1 aliphatic heterocycles. The maximum absolute atomic E-state index is 12.3. The first-order valence-electron chi connectivity index (χ1n) is 8.39. The normalized spacial score (nSPS) is 26.5. The average Bonchev–Trinajstić information content (AvgIpc) is 3.01. The fourth-order valence-corrected chi connectivity index (χ4v) is 3.53. The van der Waals surface area contributed by atoms with Crippen LogP contribution in [0.25, 0.3) is 0 Å². The molecule has 1 atom stereocenters. The molecule has 1 saturated heterocycles. The van der Waals surface area contributed by atoms with Crippen molar-refractivity contribution >= 4 is 11.8 Å². The largest absolute Gasteiger partial charge is 0.378 e. The molecule has 2 aliphatic rings. The Morgan fingerprint density at radius 2 is 2.00 bits per heavy atom. The highest BCUT2D eigenvalue weighted by Crippen LogP contribution is 2.23. The number of nitrogens with one attached hydrogen (secondary N) is 1. The number of aliphatic hydroxyl groups is 1. The predicted molar refractivity (Wildman–Crippen MR) is 84.3 cm³/mol. The van der Waals surface area contributed by atoms with Gasteiger partial charge in [0.2, 0.25) is 5.91 Å². The number of rotatable bonds is 5. The van der Waals surface area contributed by atoms with Gasteiger partial charge in [0.25, 0.3) is 5.91 Å². The monoisotopic (exact) mass is 311 g/mol. The van der Waals surface area contributed by atoms with Gasteiger partial charge in [-0.3, -0.25) is 9.59 Å². The number of carbonyl (C=O) groups excluding carboxylic acids is 2. The van der Waals surface area contributed by atoms with Crippen LogP contribution in [0.4, 0.5) is 0 Å². The highest BCUT2D eigenvalue weighted by atomic mass is 16.3. The predicted octanol–water partition coefficient (Wildman–Crippen LogP) is 0.350. The molecule has 0 aromatic rings. The first-order valence-corrected chi connectivity index (χ1v) is 8.39. The molecule has 0 spiro atoms. The number of β-amino-alcohol motifs (C(OH)–C–C–N with tert-alkyl or cyclic N) is 1. The van der Waals surface area contributed by atoms with Crippen LogP contribution in [0, 0.1) is 0 Å². The smallest absolute Gasteiger partial charge is 0.253 e. The van der Waals surface area contributed by atoms with Crippen LogP contribution in [0.1, 0.15) is 45.4 Å². The average molecular weight is 311 g/mol. The van der Waals surface area contributed by atoms with Crippen LogP contribution in [0.15, 0.2) is 0 Å². The fourth-order valence-electron chi connectivity index (χ4n) is 3.53. The molecule has 2 fully saturated rings. The summed E-state index contributed by atoms with van der Waals surface area (Å²) in [6.45, 7) is 3.53. The molecule has 6 heteroatoms. The van der Waals surface area contributed by atoms with E-state index in [1.807, 2.05) is 0 Å². The minimum Gasteiger partial charge on any atom is -0.378 e. The molecule has 1 heterocycles. The van der Waals surface area contributed by atoms with E-state index in [9.17, 15) is 14.7 Å². The van der Waals surface area contributed by atoms with Crippen molar-refractivity contribution in [2.45, 2.75) is 57.1 Å². The van der Waals surface area contributed by atoms with E-state index in [0.717, 1.165) is 6.54 Å². The lowest BCUT2D eigenvalue weighted by Gasteiger charge is -2.37. The Bertz CT molecular complexity index is 409. The molecule has 1 aliphatic carbocycles. The second kappa shape index (κ2) is 7.42. The first kappa shape index (κ1) is 17.2. The van der Waals surface area contributed by atoms with Crippen molar-refractivity contribution in [1.29, 1.82) is 0 Å². The topological polar surface area (TPSA) is 72.9 Å². The Kier molecular flexibility index (Phi) is 5.81. The molecule has 2 N–H and O–H groups in total. The van der Waals surface area contributed by atoms with Crippen LogP contribution in [-0.4, -0.2) is 71.6 Å². The Labute approximate surface area is 132 Å². The van der Waals surface area contributed by atoms with Crippen molar-refractivity contribution < 1.29 is 14.7 Å². The Morgan fingerprint density at radius 1 is 1.32 bits per heavy atom. The summed E-state index contributed by atoms with van der Waals surface area (Å²) in [6.07, 6.45) is 6.14. The molecular formula is C16H29N3O3. The molecule has 6 nitrogen and oxygen atoms in total. The third-order valence-corrected chi connectivity index (χ3v) is 5.04. The molecule has 0 bridgehead atoms. The molecule has 22 heavy (non-hydrogen) atoms. The summed E-state index contributed by atoms with van der Waals surface area (Å²) < 4.78 is 0. The van der Waals surface area contributed by atoms with Crippen LogP contribution < -0.4 is 5.32 Å². The summed E-state index contributed by atoms with van der Waals surface area (Å²) >= 11 is 0. The first-order chi connectivity index (χ1) is 10.4. The molecular weight excluding hydrogens is 282 g/mol. The standard InChI is InChI=1S/C16H29N3O3/c1-13(20)19-10-5-8-16(22,12-19)15(21)17-9-11-18(2)14-6-3-4-7-14/h14,22H,3-12H2,1-2H3,(H,17,21)/t16-/m0/s1. The van der Waals surface area contributed by atoms with Gasteiger partial charge in [0.1, 0.15) is 0 Å². The molecule has 2 rings (SSSR count). The molecule has 0 unspecified atom stereocenters. The zero-order valence-corrected chi connectivity index (χ0v) is 13.8. The minimum atomic E-state index is -1.43. The molecule has 0 aromatic carbocycles. The van der Waals surface area contributed by atoms with E-state index in [1.54, 1.807) is 4.90 Å². The van der Waals surface area contributed by atoms with Crippen LogP contribution in [-0.2, 0) is 9.59 Å². The van der Waals surface area contributed by atoms with Crippen molar-refractivity contribution in [2.75, 3.05) is 33.2 Å². The van der Waals surface area contributed by atoms with Crippen molar-refractivity contribution in [3.05, 3.63) is 0 Å². The van der Waals surface area contributed by atoms with Crippen molar-refractivity contribution in [1.82, 2.24) is 15.1 Å². The number of hydrogen-bond donors (Lipinski definition) is 2. The second-order valence-corrected chi connectivity index (χ2v) is 6.75. The molecule has 0 radical (unpaired) electrons. The lowest BCUT2D eigenvalue weighted by atomic mass is 9.92. The second-order valence-electron chi connectivity index (χ2n) is 6.75. The number of carbonyl (C=O) groups is 2. The van der Waals surface area contributed by atoms with Crippen LogP contribution in [0.5, 0.6) is 0 Å². The van der Waals surface area contributed by atoms with E-state index in [4.69, 9.17) is 0 Å². The highest BCUT2D eigenvalue weighted by Gasteiger charge is 2.40. The van der Waals surface area contributed by atoms with E-state index >= 15 is 0 Å². The molecule has 2 amide bonds. The van der Waals surface area contributed by atoms with Crippen LogP contribution in [0.3, 0.4) is 0 Å². The zero-order chi connectivity index (χ0) is 16.2. The number of likely N-dealkylation sites (tertiary alicyclic amines) is 1. The van der Waals surface area contributed by atoms with Crippen LogP contribution in [0.2, 0.25) is 0 Å². The summed E-state index contributed by atoms with van der Waals surface area (Å²) in [4.78, 5) is 27.6. The number of likely N-dealkylation sites (N-methyl/N-ethyl adjacent to an activating group) is 1. The van der Waals surface area contributed by atoms with Crippen molar-refractivity contribution in [3.63, 3.8) is 0 Å². The van der Waals surface area contributed by atoms with Crippen LogP contribution >= 0.6 is 0 Å². The number of piperidine rings is 1. The van der Waals surface area contributed by atoms with Gasteiger partial charge >= 0.3 is 0 Å².